The van der Waals surface area contributed by atoms with E-state index in [0.29, 0.717) is 0 Å². The first-order valence-corrected chi connectivity index (χ1v) is 8.81. The fraction of sp³-hybridized carbons (Fsp3) is 0.600. The van der Waals surface area contributed by atoms with Crippen LogP contribution in [0.25, 0.3) is 0 Å². The van der Waals surface area contributed by atoms with Crippen molar-refractivity contribution in [3.63, 3.8) is 0 Å². The Hall–Kier alpha value is -0.950. The summed E-state index contributed by atoms with van der Waals surface area (Å²) < 4.78 is 26.0. The molecule has 5 nitrogen and oxygen atoms in total. The smallest absolute Gasteiger partial charge is 0.242 e. The molecule has 120 valence electrons. The van der Waals surface area contributed by atoms with Gasteiger partial charge in [-0.25, -0.2) is 8.42 Å². The van der Waals surface area contributed by atoms with Gasteiger partial charge in [0.1, 0.15) is 0 Å². The maximum absolute atomic E-state index is 12.4. The van der Waals surface area contributed by atoms with E-state index in [9.17, 15) is 8.42 Å². The zero-order valence-corrected chi connectivity index (χ0v) is 13.9. The third kappa shape index (κ3) is 4.78. The first kappa shape index (κ1) is 18.1. The van der Waals surface area contributed by atoms with Gasteiger partial charge in [-0.2, -0.15) is 4.31 Å². The van der Waals surface area contributed by atoms with Crippen molar-refractivity contribution < 1.29 is 13.5 Å². The molecule has 1 aromatic rings. The molecule has 0 radical (unpaired) electrons. The van der Waals surface area contributed by atoms with Gasteiger partial charge in [0.05, 0.1) is 11.5 Å². The summed E-state index contributed by atoms with van der Waals surface area (Å²) >= 11 is 0. The second-order valence-electron chi connectivity index (χ2n) is 5.04. The molecule has 0 aliphatic rings. The highest BCUT2D eigenvalue weighted by atomic mass is 32.2. The summed E-state index contributed by atoms with van der Waals surface area (Å²) in [6.07, 6.45) is 1.93. The first-order valence-electron chi connectivity index (χ1n) is 7.37. The van der Waals surface area contributed by atoms with Crippen LogP contribution in [0.4, 0.5) is 0 Å². The summed E-state index contributed by atoms with van der Waals surface area (Å²) in [5.41, 5.74) is 0.976. The number of sulfonamides is 1. The van der Waals surface area contributed by atoms with Crippen molar-refractivity contribution in [1.82, 2.24) is 9.62 Å². The van der Waals surface area contributed by atoms with Gasteiger partial charge in [0, 0.05) is 19.6 Å². The zero-order chi connectivity index (χ0) is 15.9. The van der Waals surface area contributed by atoms with Crippen LogP contribution in [0, 0.1) is 0 Å². The molecule has 0 bridgehead atoms. The molecule has 0 fully saturated rings. The van der Waals surface area contributed by atoms with Gasteiger partial charge in [-0.3, -0.25) is 0 Å². The quantitative estimate of drug-likeness (QED) is 0.728. The monoisotopic (exact) mass is 314 g/mol. The predicted molar refractivity (Wildman–Crippen MR) is 84.7 cm³/mol. The van der Waals surface area contributed by atoms with Crippen LogP contribution in [0.5, 0.6) is 0 Å². The van der Waals surface area contributed by atoms with Crippen LogP contribution in [0.3, 0.4) is 0 Å². The first-order chi connectivity index (χ1) is 9.97. The largest absolute Gasteiger partial charge is 0.395 e. The average molecular weight is 314 g/mol. The van der Waals surface area contributed by atoms with E-state index in [1.807, 2.05) is 6.07 Å². The van der Waals surface area contributed by atoms with Crippen LogP contribution < -0.4 is 5.32 Å². The molecular formula is C15H26N2O3S. The lowest BCUT2D eigenvalue weighted by atomic mass is 10.0. The minimum Gasteiger partial charge on any atom is -0.395 e. The summed E-state index contributed by atoms with van der Waals surface area (Å²) in [4.78, 5) is 0.271. The van der Waals surface area contributed by atoms with Crippen LogP contribution >= 0.6 is 0 Å². The lowest BCUT2D eigenvalue weighted by molar-refractivity contribution is 0.266. The van der Waals surface area contributed by atoms with Crippen LogP contribution in [0.1, 0.15) is 38.3 Å². The third-order valence-corrected chi connectivity index (χ3v) is 5.29. The molecule has 0 saturated carbocycles. The highest BCUT2D eigenvalue weighted by Crippen LogP contribution is 2.22. The number of hydrogen-bond acceptors (Lipinski definition) is 4. The van der Waals surface area contributed by atoms with Gasteiger partial charge in [-0.1, -0.05) is 26.0 Å². The van der Waals surface area contributed by atoms with Gasteiger partial charge in [0.25, 0.3) is 0 Å². The SMILES string of the molecule is CCCNC(CC)c1cccc(S(=O)(=O)N(C)CCO)c1. The molecule has 1 aromatic carbocycles. The average Bonchev–Trinajstić information content (AvgIpc) is 2.48. The molecule has 0 heterocycles. The molecule has 0 amide bonds. The summed E-state index contributed by atoms with van der Waals surface area (Å²) in [5, 5.41) is 12.3. The zero-order valence-electron chi connectivity index (χ0n) is 13.0. The topological polar surface area (TPSA) is 69.6 Å². The molecule has 21 heavy (non-hydrogen) atoms. The second-order valence-corrected chi connectivity index (χ2v) is 7.08. The van der Waals surface area contributed by atoms with Crippen LogP contribution in [-0.4, -0.2) is 44.6 Å². The maximum atomic E-state index is 12.4. The molecule has 1 rings (SSSR count). The lowest BCUT2D eigenvalue weighted by Gasteiger charge is -2.20. The van der Waals surface area contributed by atoms with Crippen molar-refractivity contribution >= 4 is 10.0 Å². The fourth-order valence-corrected chi connectivity index (χ4v) is 3.37. The van der Waals surface area contributed by atoms with E-state index in [1.54, 1.807) is 18.2 Å². The van der Waals surface area contributed by atoms with E-state index in [4.69, 9.17) is 5.11 Å². The van der Waals surface area contributed by atoms with Gasteiger partial charge in [0.15, 0.2) is 0 Å². The minimum absolute atomic E-state index is 0.0951. The molecule has 0 spiro atoms. The van der Waals surface area contributed by atoms with E-state index in [-0.39, 0.29) is 24.1 Å². The number of benzene rings is 1. The van der Waals surface area contributed by atoms with Crippen molar-refractivity contribution in [2.75, 3.05) is 26.7 Å². The molecule has 0 saturated heterocycles. The Kier molecular flexibility index (Phi) is 7.31. The van der Waals surface area contributed by atoms with Gasteiger partial charge in [0.2, 0.25) is 10.0 Å². The summed E-state index contributed by atoms with van der Waals surface area (Å²) in [6.45, 7) is 4.99. The normalized spacial score (nSPS) is 13.6. The summed E-state index contributed by atoms with van der Waals surface area (Å²) in [7, 11) is -2.06. The molecule has 1 atom stereocenters. The van der Waals surface area contributed by atoms with Crippen molar-refractivity contribution in [3.05, 3.63) is 29.8 Å². The van der Waals surface area contributed by atoms with E-state index < -0.39 is 10.0 Å². The Balaban J connectivity index is 3.04. The van der Waals surface area contributed by atoms with Gasteiger partial charge < -0.3 is 10.4 Å². The maximum Gasteiger partial charge on any atom is 0.242 e. The van der Waals surface area contributed by atoms with Crippen LogP contribution in [0.15, 0.2) is 29.2 Å². The Labute approximate surface area is 128 Å². The fourth-order valence-electron chi connectivity index (χ4n) is 2.15. The van der Waals surface area contributed by atoms with E-state index in [2.05, 4.69) is 19.2 Å². The number of nitrogens with zero attached hydrogens (tertiary/aromatic N) is 1. The summed E-state index contributed by atoms with van der Waals surface area (Å²) in [6, 6.07) is 7.19. The van der Waals surface area contributed by atoms with Gasteiger partial charge in [-0.15, -0.1) is 0 Å². The predicted octanol–water partition coefficient (Wildman–Crippen LogP) is 1.75. The summed E-state index contributed by atoms with van der Waals surface area (Å²) in [5.74, 6) is 0. The molecule has 0 aliphatic carbocycles. The van der Waals surface area contributed by atoms with Crippen molar-refractivity contribution in [2.24, 2.45) is 0 Å². The second kappa shape index (κ2) is 8.48. The molecule has 1 unspecified atom stereocenters. The van der Waals surface area contributed by atoms with E-state index in [0.717, 1.165) is 24.9 Å². The van der Waals surface area contributed by atoms with Crippen molar-refractivity contribution in [3.8, 4) is 0 Å². The number of rotatable bonds is 9. The number of aliphatic hydroxyl groups excluding tert-OH is 1. The number of nitrogens with one attached hydrogen (secondary N) is 1. The molecule has 0 aliphatic heterocycles. The number of likely N-dealkylation sites (N-methyl/N-ethyl adjacent to an activating group) is 1. The Bertz CT molecular complexity index is 531. The Morgan fingerprint density at radius 3 is 2.62 bits per heavy atom. The number of aliphatic hydroxyl groups is 1. The highest BCUT2D eigenvalue weighted by molar-refractivity contribution is 7.89. The Morgan fingerprint density at radius 1 is 1.33 bits per heavy atom. The highest BCUT2D eigenvalue weighted by Gasteiger charge is 2.21. The molecule has 2 N–H and O–H groups in total. The third-order valence-electron chi connectivity index (χ3n) is 3.43. The molecule has 0 aromatic heterocycles. The van der Waals surface area contributed by atoms with E-state index >= 15 is 0 Å². The minimum atomic E-state index is -3.54. The Morgan fingerprint density at radius 2 is 2.05 bits per heavy atom. The van der Waals surface area contributed by atoms with Gasteiger partial charge in [-0.05, 0) is 37.1 Å². The lowest BCUT2D eigenvalue weighted by Crippen LogP contribution is -2.30. The molecular weight excluding hydrogens is 288 g/mol. The van der Waals surface area contributed by atoms with Crippen LogP contribution in [-0.2, 0) is 10.0 Å². The molecule has 6 heteroatoms. The van der Waals surface area contributed by atoms with Gasteiger partial charge >= 0.3 is 0 Å². The standard InChI is InChI=1S/C15H26N2O3S/c1-4-9-16-15(5-2)13-7-6-8-14(12-13)21(19,20)17(3)10-11-18/h6-8,12,15-16,18H,4-5,9-11H2,1-3H3. The van der Waals surface area contributed by atoms with Crippen molar-refractivity contribution in [2.45, 2.75) is 37.6 Å². The number of hydrogen-bond donors (Lipinski definition) is 2. The van der Waals surface area contributed by atoms with Crippen molar-refractivity contribution in [1.29, 1.82) is 0 Å². The van der Waals surface area contributed by atoms with E-state index in [1.165, 1.54) is 11.4 Å². The van der Waals surface area contributed by atoms with Crippen LogP contribution in [0.2, 0.25) is 0 Å².